The smallest absolute Gasteiger partial charge is 0.434 e. The lowest BCUT2D eigenvalue weighted by atomic mass is 10.1. The van der Waals surface area contributed by atoms with Crippen LogP contribution in [0.2, 0.25) is 0 Å². The Kier molecular flexibility index (Phi) is 5.03. The van der Waals surface area contributed by atoms with E-state index in [1.807, 2.05) is 0 Å². The van der Waals surface area contributed by atoms with Gasteiger partial charge in [-0.1, -0.05) is 23.5 Å². The van der Waals surface area contributed by atoms with Crippen molar-refractivity contribution in [2.75, 3.05) is 7.11 Å². The van der Waals surface area contributed by atoms with Gasteiger partial charge in [-0.05, 0) is 47.5 Å². The first-order chi connectivity index (χ1) is 12.4. The van der Waals surface area contributed by atoms with E-state index in [1.54, 1.807) is 24.3 Å². The Hall–Kier alpha value is -2.74. The van der Waals surface area contributed by atoms with Crippen LogP contribution in [-0.2, 0) is 6.18 Å². The highest BCUT2D eigenvalue weighted by atomic mass is 32.1. The van der Waals surface area contributed by atoms with Crippen molar-refractivity contribution in [1.29, 1.82) is 0 Å². The van der Waals surface area contributed by atoms with Crippen LogP contribution in [0, 0.1) is 5.82 Å². The van der Waals surface area contributed by atoms with Crippen molar-refractivity contribution < 1.29 is 22.3 Å². The summed E-state index contributed by atoms with van der Waals surface area (Å²) in [5.74, 6) is 0.138. The lowest BCUT2D eigenvalue weighted by Crippen LogP contribution is -2.06. The van der Waals surface area contributed by atoms with E-state index in [0.29, 0.717) is 11.3 Å². The number of hydrogen-bond acceptors (Lipinski definition) is 4. The summed E-state index contributed by atoms with van der Waals surface area (Å²) in [5, 5.41) is -0.0348. The van der Waals surface area contributed by atoms with Crippen LogP contribution in [0.5, 0.6) is 5.75 Å². The van der Waals surface area contributed by atoms with Crippen molar-refractivity contribution in [2.24, 2.45) is 4.99 Å². The van der Waals surface area contributed by atoms with Crippen molar-refractivity contribution in [3.05, 3.63) is 65.6 Å². The molecule has 3 rings (SSSR count). The van der Waals surface area contributed by atoms with E-state index in [1.165, 1.54) is 25.5 Å². The number of aliphatic imine (C=N–C) groups is 1. The largest absolute Gasteiger partial charge is 0.497 e. The van der Waals surface area contributed by atoms with Crippen LogP contribution in [0.4, 0.5) is 22.7 Å². The molecule has 0 fully saturated rings. The maximum Gasteiger partial charge on any atom is 0.434 e. The maximum atomic E-state index is 13.3. The van der Waals surface area contributed by atoms with E-state index in [-0.39, 0.29) is 15.6 Å². The van der Waals surface area contributed by atoms with Gasteiger partial charge in [-0.2, -0.15) is 13.2 Å². The minimum atomic E-state index is -4.63. The third-order valence-electron chi connectivity index (χ3n) is 3.43. The lowest BCUT2D eigenvalue weighted by molar-refractivity contribution is -0.140. The molecule has 2 aromatic carbocycles. The molecular weight excluding hydrogens is 368 g/mol. The molecule has 3 nitrogen and oxygen atoms in total. The number of nitrogens with zero attached hydrogens (tertiary/aromatic N) is 2. The topological polar surface area (TPSA) is 34.5 Å². The SMILES string of the molecule is COc1ccc(/C=N/c2nc(C(F)(F)F)c(-c3ccc(F)cc3)s2)cc1. The van der Waals surface area contributed by atoms with Crippen LogP contribution in [0.15, 0.2) is 53.5 Å². The molecule has 0 bridgehead atoms. The fourth-order valence-electron chi connectivity index (χ4n) is 2.17. The molecule has 0 aliphatic rings. The molecule has 0 aliphatic heterocycles. The number of ether oxygens (including phenoxy) is 1. The summed E-state index contributed by atoms with van der Waals surface area (Å²) in [6, 6.07) is 11.7. The molecule has 0 N–H and O–H groups in total. The predicted octanol–water partition coefficient (Wildman–Crippen LogP) is 5.73. The fourth-order valence-corrected chi connectivity index (χ4v) is 3.11. The van der Waals surface area contributed by atoms with Gasteiger partial charge in [0.25, 0.3) is 0 Å². The Balaban J connectivity index is 1.95. The monoisotopic (exact) mass is 380 g/mol. The zero-order valence-electron chi connectivity index (χ0n) is 13.4. The van der Waals surface area contributed by atoms with E-state index in [9.17, 15) is 17.6 Å². The van der Waals surface area contributed by atoms with Gasteiger partial charge in [-0.15, -0.1) is 0 Å². The lowest BCUT2D eigenvalue weighted by Gasteiger charge is -2.05. The highest BCUT2D eigenvalue weighted by Gasteiger charge is 2.38. The number of thiazole rings is 1. The summed E-state index contributed by atoms with van der Waals surface area (Å²) in [7, 11) is 1.54. The van der Waals surface area contributed by atoms with Gasteiger partial charge in [-0.25, -0.2) is 14.4 Å². The Bertz CT molecular complexity index is 916. The standard InChI is InChI=1S/C18H12F4N2OS/c1-25-14-8-2-11(3-9-14)10-23-17-24-16(18(20,21)22)15(26-17)12-4-6-13(19)7-5-12/h2-10H,1H3/b23-10+. The number of methoxy groups -OCH3 is 1. The first-order valence-corrected chi connectivity index (χ1v) is 8.20. The molecule has 0 atom stereocenters. The van der Waals surface area contributed by atoms with Gasteiger partial charge in [0, 0.05) is 6.21 Å². The van der Waals surface area contributed by atoms with Crippen LogP contribution in [0.25, 0.3) is 10.4 Å². The van der Waals surface area contributed by atoms with Crippen molar-refractivity contribution >= 4 is 22.7 Å². The molecule has 0 saturated heterocycles. The third-order valence-corrected chi connectivity index (χ3v) is 4.44. The van der Waals surface area contributed by atoms with Crippen LogP contribution in [0.1, 0.15) is 11.3 Å². The molecule has 0 aliphatic carbocycles. The number of benzene rings is 2. The Labute approximate surface area is 150 Å². The summed E-state index contributed by atoms with van der Waals surface area (Å²) in [5.41, 5.74) is -0.101. The van der Waals surface area contributed by atoms with E-state index in [2.05, 4.69) is 9.98 Å². The Morgan fingerprint density at radius 3 is 2.27 bits per heavy atom. The Morgan fingerprint density at radius 2 is 1.69 bits per heavy atom. The fraction of sp³-hybridized carbons (Fsp3) is 0.111. The summed E-state index contributed by atoms with van der Waals surface area (Å²) >= 11 is 0.796. The zero-order chi connectivity index (χ0) is 18.7. The quantitative estimate of drug-likeness (QED) is 0.428. The van der Waals surface area contributed by atoms with Gasteiger partial charge < -0.3 is 4.74 Å². The average Bonchev–Trinajstić information content (AvgIpc) is 3.06. The van der Waals surface area contributed by atoms with Gasteiger partial charge in [0.1, 0.15) is 11.6 Å². The highest BCUT2D eigenvalue weighted by molar-refractivity contribution is 7.18. The molecule has 0 radical (unpaired) electrons. The van der Waals surface area contributed by atoms with E-state index in [4.69, 9.17) is 4.74 Å². The highest BCUT2D eigenvalue weighted by Crippen LogP contribution is 2.42. The second kappa shape index (κ2) is 7.25. The van der Waals surface area contributed by atoms with E-state index >= 15 is 0 Å². The number of hydrogen-bond donors (Lipinski definition) is 0. The summed E-state index contributed by atoms with van der Waals surface area (Å²) in [6.07, 6.45) is -3.21. The number of halogens is 4. The van der Waals surface area contributed by atoms with Gasteiger partial charge in [0.2, 0.25) is 5.13 Å². The van der Waals surface area contributed by atoms with Gasteiger partial charge >= 0.3 is 6.18 Å². The zero-order valence-corrected chi connectivity index (χ0v) is 14.2. The molecule has 0 saturated carbocycles. The number of aromatic nitrogens is 1. The summed E-state index contributed by atoms with van der Waals surface area (Å²) in [4.78, 5) is 7.55. The molecule has 0 amide bonds. The van der Waals surface area contributed by atoms with Crippen LogP contribution in [0.3, 0.4) is 0 Å². The predicted molar refractivity (Wildman–Crippen MR) is 92.8 cm³/mol. The molecule has 26 heavy (non-hydrogen) atoms. The van der Waals surface area contributed by atoms with Gasteiger partial charge in [0.05, 0.1) is 12.0 Å². The molecule has 3 aromatic rings. The van der Waals surface area contributed by atoms with Crippen LogP contribution in [-0.4, -0.2) is 18.3 Å². The summed E-state index contributed by atoms with van der Waals surface area (Å²) in [6.45, 7) is 0. The molecule has 1 aromatic heterocycles. The number of rotatable bonds is 4. The molecule has 1 heterocycles. The molecule has 134 valence electrons. The van der Waals surface area contributed by atoms with Gasteiger partial charge in [0.15, 0.2) is 5.69 Å². The normalized spacial score (nSPS) is 11.9. The molecule has 8 heteroatoms. The molecule has 0 unspecified atom stereocenters. The van der Waals surface area contributed by atoms with E-state index < -0.39 is 17.7 Å². The third kappa shape index (κ3) is 4.08. The first kappa shape index (κ1) is 18.1. The van der Waals surface area contributed by atoms with Crippen molar-refractivity contribution in [3.8, 4) is 16.2 Å². The second-order valence-corrected chi connectivity index (χ2v) is 6.19. The van der Waals surface area contributed by atoms with E-state index in [0.717, 1.165) is 23.5 Å². The molecule has 0 spiro atoms. The van der Waals surface area contributed by atoms with Crippen molar-refractivity contribution in [1.82, 2.24) is 4.98 Å². The average molecular weight is 380 g/mol. The summed E-state index contributed by atoms with van der Waals surface area (Å²) < 4.78 is 57.9. The van der Waals surface area contributed by atoms with Crippen LogP contribution >= 0.6 is 11.3 Å². The molecular formula is C18H12F4N2OS. The van der Waals surface area contributed by atoms with Crippen LogP contribution < -0.4 is 4.74 Å². The minimum absolute atomic E-state index is 0.0348. The van der Waals surface area contributed by atoms with Gasteiger partial charge in [-0.3, -0.25) is 0 Å². The first-order valence-electron chi connectivity index (χ1n) is 7.39. The maximum absolute atomic E-state index is 13.3. The Morgan fingerprint density at radius 1 is 1.04 bits per heavy atom. The minimum Gasteiger partial charge on any atom is -0.497 e. The van der Waals surface area contributed by atoms with Crippen molar-refractivity contribution in [2.45, 2.75) is 6.18 Å². The number of alkyl halides is 3. The second-order valence-electron chi connectivity index (χ2n) is 5.21. The van der Waals surface area contributed by atoms with Crippen molar-refractivity contribution in [3.63, 3.8) is 0 Å².